The topological polar surface area (TPSA) is 58.6 Å². The van der Waals surface area contributed by atoms with Crippen molar-refractivity contribution in [1.82, 2.24) is 15.0 Å². The molecule has 2 heterocycles. The minimum absolute atomic E-state index is 0.0479. The van der Waals surface area contributed by atoms with Crippen molar-refractivity contribution in [3.05, 3.63) is 52.2 Å². The summed E-state index contributed by atoms with van der Waals surface area (Å²) in [6, 6.07) is 3.90. The molecule has 0 atom stereocenters. The Balaban J connectivity index is 2.07. The third kappa shape index (κ3) is 3.17. The number of aromatic amines is 1. The summed E-state index contributed by atoms with van der Waals surface area (Å²) in [5.74, 6) is 0. The van der Waals surface area contributed by atoms with Crippen LogP contribution < -0.4 is 5.56 Å². The molecule has 5 heteroatoms. The molecule has 2 aromatic heterocycles. The van der Waals surface area contributed by atoms with Crippen LogP contribution in [0.5, 0.6) is 0 Å². The minimum atomic E-state index is -0.0479. The fraction of sp³-hybridized carbons (Fsp3) is 0.250. The Bertz CT molecular complexity index is 539. The van der Waals surface area contributed by atoms with Gasteiger partial charge in [0.25, 0.3) is 5.56 Å². The molecule has 17 heavy (non-hydrogen) atoms. The maximum atomic E-state index is 11.7. The Morgan fingerprint density at radius 3 is 2.88 bits per heavy atom. The lowest BCUT2D eigenvalue weighted by Gasteiger charge is -2.01. The number of hydrogen-bond acceptors (Lipinski definition) is 4. The van der Waals surface area contributed by atoms with Crippen molar-refractivity contribution in [2.45, 2.75) is 18.0 Å². The van der Waals surface area contributed by atoms with E-state index in [0.29, 0.717) is 17.1 Å². The van der Waals surface area contributed by atoms with Crippen LogP contribution in [0.15, 0.2) is 40.7 Å². The second-order valence-electron chi connectivity index (χ2n) is 3.61. The Kier molecular flexibility index (Phi) is 3.93. The van der Waals surface area contributed by atoms with E-state index in [2.05, 4.69) is 15.0 Å². The molecule has 88 valence electrons. The Labute approximate surface area is 104 Å². The van der Waals surface area contributed by atoms with Crippen molar-refractivity contribution in [1.29, 1.82) is 0 Å². The van der Waals surface area contributed by atoms with Crippen molar-refractivity contribution in [3.63, 3.8) is 0 Å². The number of H-pyrrole nitrogens is 1. The quantitative estimate of drug-likeness (QED) is 0.659. The van der Waals surface area contributed by atoms with Gasteiger partial charge in [0, 0.05) is 24.2 Å². The third-order valence-corrected chi connectivity index (χ3v) is 3.04. The van der Waals surface area contributed by atoms with Gasteiger partial charge in [0.05, 0.1) is 0 Å². The largest absolute Gasteiger partial charge is 0.301 e. The third-order valence-electron chi connectivity index (χ3n) is 2.45. The number of nitrogens with one attached hydrogen (secondary N) is 1. The molecule has 0 aromatic carbocycles. The van der Waals surface area contributed by atoms with Gasteiger partial charge < -0.3 is 4.98 Å². The van der Waals surface area contributed by atoms with Crippen LogP contribution in [-0.2, 0) is 12.8 Å². The first-order chi connectivity index (χ1) is 8.29. The van der Waals surface area contributed by atoms with Crippen LogP contribution in [0, 0.1) is 0 Å². The van der Waals surface area contributed by atoms with E-state index in [1.54, 1.807) is 12.4 Å². The number of rotatable bonds is 4. The molecule has 0 amide bonds. The number of pyridine rings is 1. The average Bonchev–Trinajstić information content (AvgIpc) is 2.38. The number of thioether (sulfide) groups is 1. The van der Waals surface area contributed by atoms with E-state index in [1.807, 2.05) is 24.6 Å². The molecular weight excluding hydrogens is 234 g/mol. The van der Waals surface area contributed by atoms with E-state index in [1.165, 1.54) is 11.8 Å². The van der Waals surface area contributed by atoms with Crippen molar-refractivity contribution in [2.75, 3.05) is 6.26 Å². The summed E-state index contributed by atoms with van der Waals surface area (Å²) in [6.45, 7) is 0. The van der Waals surface area contributed by atoms with Crippen LogP contribution in [0.25, 0.3) is 0 Å². The molecule has 0 unspecified atom stereocenters. The van der Waals surface area contributed by atoms with Crippen molar-refractivity contribution >= 4 is 11.8 Å². The first-order valence-corrected chi connectivity index (χ1v) is 6.53. The standard InChI is InChI=1S/C12H13N3OS/c1-17-12-14-8-10(11(16)15-12)5-4-9-3-2-6-13-7-9/h2-3,6-8H,4-5H2,1H3,(H,14,15,16). The molecule has 0 saturated heterocycles. The molecule has 0 bridgehead atoms. The predicted octanol–water partition coefficient (Wildman–Crippen LogP) is 1.67. The van der Waals surface area contributed by atoms with Crippen LogP contribution in [0.4, 0.5) is 0 Å². The van der Waals surface area contributed by atoms with E-state index in [-0.39, 0.29) is 5.56 Å². The maximum Gasteiger partial charge on any atom is 0.254 e. The van der Waals surface area contributed by atoms with Gasteiger partial charge in [-0.2, -0.15) is 0 Å². The van der Waals surface area contributed by atoms with Gasteiger partial charge in [0.2, 0.25) is 0 Å². The number of aryl methyl sites for hydroxylation is 2. The van der Waals surface area contributed by atoms with Gasteiger partial charge in [-0.05, 0) is 30.7 Å². The van der Waals surface area contributed by atoms with E-state index in [4.69, 9.17) is 0 Å². The van der Waals surface area contributed by atoms with Gasteiger partial charge in [-0.1, -0.05) is 17.8 Å². The smallest absolute Gasteiger partial charge is 0.254 e. The normalized spacial score (nSPS) is 10.4. The average molecular weight is 247 g/mol. The van der Waals surface area contributed by atoms with Gasteiger partial charge in [-0.3, -0.25) is 9.78 Å². The van der Waals surface area contributed by atoms with E-state index in [0.717, 1.165) is 12.0 Å². The van der Waals surface area contributed by atoms with Crippen molar-refractivity contribution in [3.8, 4) is 0 Å². The molecule has 0 spiro atoms. The monoisotopic (exact) mass is 247 g/mol. The molecule has 0 aliphatic heterocycles. The molecule has 0 aliphatic rings. The molecule has 0 fully saturated rings. The summed E-state index contributed by atoms with van der Waals surface area (Å²) in [5, 5.41) is 0.653. The molecule has 2 rings (SSSR count). The number of hydrogen-bond donors (Lipinski definition) is 1. The highest BCUT2D eigenvalue weighted by Crippen LogP contribution is 2.06. The fourth-order valence-electron chi connectivity index (χ4n) is 1.51. The predicted molar refractivity (Wildman–Crippen MR) is 68.3 cm³/mol. The molecule has 2 aromatic rings. The summed E-state index contributed by atoms with van der Waals surface area (Å²) in [6.07, 6.45) is 8.58. The summed E-state index contributed by atoms with van der Waals surface area (Å²) < 4.78 is 0. The lowest BCUT2D eigenvalue weighted by molar-refractivity contribution is 0.856. The van der Waals surface area contributed by atoms with Gasteiger partial charge in [0.1, 0.15) is 0 Å². The first kappa shape index (κ1) is 11.9. The zero-order chi connectivity index (χ0) is 12.1. The molecule has 0 aliphatic carbocycles. The zero-order valence-electron chi connectivity index (χ0n) is 9.51. The fourth-order valence-corrected chi connectivity index (χ4v) is 1.86. The second kappa shape index (κ2) is 5.63. The van der Waals surface area contributed by atoms with Crippen molar-refractivity contribution in [2.24, 2.45) is 0 Å². The first-order valence-electron chi connectivity index (χ1n) is 5.30. The van der Waals surface area contributed by atoms with Gasteiger partial charge >= 0.3 is 0 Å². The Morgan fingerprint density at radius 1 is 1.35 bits per heavy atom. The molecule has 4 nitrogen and oxygen atoms in total. The highest BCUT2D eigenvalue weighted by molar-refractivity contribution is 7.98. The molecule has 1 N–H and O–H groups in total. The maximum absolute atomic E-state index is 11.7. The summed E-state index contributed by atoms with van der Waals surface area (Å²) in [4.78, 5) is 22.6. The summed E-state index contributed by atoms with van der Waals surface area (Å²) in [5.41, 5.74) is 1.79. The van der Waals surface area contributed by atoms with Crippen LogP contribution in [0.1, 0.15) is 11.1 Å². The summed E-state index contributed by atoms with van der Waals surface area (Å²) in [7, 11) is 0. The van der Waals surface area contributed by atoms with Crippen molar-refractivity contribution < 1.29 is 0 Å². The van der Waals surface area contributed by atoms with E-state index in [9.17, 15) is 4.79 Å². The lowest BCUT2D eigenvalue weighted by Crippen LogP contribution is -2.15. The Hall–Kier alpha value is -1.62. The minimum Gasteiger partial charge on any atom is -0.301 e. The lowest BCUT2D eigenvalue weighted by atomic mass is 10.1. The number of aromatic nitrogens is 3. The number of nitrogens with zero attached hydrogens (tertiary/aromatic N) is 2. The van der Waals surface area contributed by atoms with Crippen LogP contribution >= 0.6 is 11.8 Å². The van der Waals surface area contributed by atoms with Gasteiger partial charge in [-0.15, -0.1) is 0 Å². The molecule has 0 saturated carbocycles. The van der Waals surface area contributed by atoms with Gasteiger partial charge in [-0.25, -0.2) is 4.98 Å². The van der Waals surface area contributed by atoms with E-state index >= 15 is 0 Å². The van der Waals surface area contributed by atoms with Crippen LogP contribution in [-0.4, -0.2) is 21.2 Å². The summed E-state index contributed by atoms with van der Waals surface area (Å²) >= 11 is 1.43. The zero-order valence-corrected chi connectivity index (χ0v) is 10.3. The van der Waals surface area contributed by atoms with Gasteiger partial charge in [0.15, 0.2) is 5.16 Å². The molecule has 0 radical (unpaired) electrons. The highest BCUT2D eigenvalue weighted by atomic mass is 32.2. The Morgan fingerprint density at radius 2 is 2.24 bits per heavy atom. The van der Waals surface area contributed by atoms with E-state index < -0.39 is 0 Å². The van der Waals surface area contributed by atoms with Crippen LogP contribution in [0.3, 0.4) is 0 Å². The highest BCUT2D eigenvalue weighted by Gasteiger charge is 2.02. The second-order valence-corrected chi connectivity index (χ2v) is 4.40. The SMILES string of the molecule is CSc1ncc(CCc2cccnc2)c(=O)[nH]1. The molecular formula is C12H13N3OS. The van der Waals surface area contributed by atoms with Crippen LogP contribution in [0.2, 0.25) is 0 Å².